The number of nitrogen functional groups attached to an aromatic ring is 1. The fraction of sp³-hybridized carbons (Fsp3) is 0.0833. The molecule has 0 aliphatic carbocycles. The molecule has 0 unspecified atom stereocenters. The summed E-state index contributed by atoms with van der Waals surface area (Å²) in [7, 11) is 0. The summed E-state index contributed by atoms with van der Waals surface area (Å²) in [6, 6.07) is 6.64. The van der Waals surface area contributed by atoms with Gasteiger partial charge in [-0.3, -0.25) is 4.79 Å². The van der Waals surface area contributed by atoms with Gasteiger partial charge in [0, 0.05) is 18.1 Å². The first-order valence-electron chi connectivity index (χ1n) is 5.40. The maximum absolute atomic E-state index is 11.8. The Kier molecular flexibility index (Phi) is 4.59. The highest BCUT2D eigenvalue weighted by molar-refractivity contribution is 7.99. The predicted octanol–water partition coefficient (Wildman–Crippen LogP) is 2.44. The van der Waals surface area contributed by atoms with Crippen molar-refractivity contribution in [3.8, 4) is 0 Å². The molecule has 98 valence electrons. The van der Waals surface area contributed by atoms with Gasteiger partial charge in [-0.15, -0.1) is 0 Å². The molecular formula is C12H11ClN4OS. The van der Waals surface area contributed by atoms with E-state index in [1.54, 1.807) is 36.7 Å². The number of aromatic nitrogens is 2. The summed E-state index contributed by atoms with van der Waals surface area (Å²) in [5, 5.41) is 3.69. The van der Waals surface area contributed by atoms with E-state index in [1.807, 2.05) is 0 Å². The van der Waals surface area contributed by atoms with E-state index in [1.165, 1.54) is 11.8 Å². The van der Waals surface area contributed by atoms with E-state index in [0.29, 0.717) is 21.6 Å². The smallest absolute Gasteiger partial charge is 0.234 e. The average Bonchev–Trinajstić information content (AvgIpc) is 2.42. The molecule has 0 fully saturated rings. The van der Waals surface area contributed by atoms with Crippen molar-refractivity contribution in [3.63, 3.8) is 0 Å². The van der Waals surface area contributed by atoms with Crippen LogP contribution in [0, 0.1) is 0 Å². The Bertz CT molecular complexity index is 579. The second-order valence-corrected chi connectivity index (χ2v) is 4.96. The number of nitrogens with two attached hydrogens (primary N) is 1. The molecule has 2 rings (SSSR count). The third-order valence-corrected chi connectivity index (χ3v) is 3.34. The molecule has 0 aliphatic heterocycles. The largest absolute Gasteiger partial charge is 0.399 e. The Hall–Kier alpha value is -1.79. The van der Waals surface area contributed by atoms with Crippen LogP contribution < -0.4 is 11.1 Å². The molecule has 3 N–H and O–H groups in total. The maximum Gasteiger partial charge on any atom is 0.234 e. The molecule has 0 aliphatic rings. The average molecular weight is 295 g/mol. The number of nitrogens with zero attached hydrogens (tertiary/aromatic N) is 2. The van der Waals surface area contributed by atoms with E-state index in [9.17, 15) is 4.79 Å². The van der Waals surface area contributed by atoms with Crippen molar-refractivity contribution < 1.29 is 4.79 Å². The molecule has 0 radical (unpaired) electrons. The fourth-order valence-electron chi connectivity index (χ4n) is 1.32. The van der Waals surface area contributed by atoms with Gasteiger partial charge in [-0.1, -0.05) is 23.4 Å². The van der Waals surface area contributed by atoms with Crippen LogP contribution in [0.1, 0.15) is 0 Å². The number of rotatable bonds is 4. The number of carbonyl (C=O) groups excluding carboxylic acids is 1. The van der Waals surface area contributed by atoms with Crippen molar-refractivity contribution in [1.82, 2.24) is 9.97 Å². The van der Waals surface area contributed by atoms with Gasteiger partial charge in [0.1, 0.15) is 0 Å². The quantitative estimate of drug-likeness (QED) is 0.514. The molecule has 0 saturated carbocycles. The van der Waals surface area contributed by atoms with E-state index in [0.717, 1.165) is 0 Å². The van der Waals surface area contributed by atoms with Crippen molar-refractivity contribution in [3.05, 3.63) is 41.7 Å². The number of hydrogen-bond donors (Lipinski definition) is 2. The van der Waals surface area contributed by atoms with E-state index >= 15 is 0 Å². The summed E-state index contributed by atoms with van der Waals surface area (Å²) in [5.74, 6) is 0.0137. The van der Waals surface area contributed by atoms with E-state index in [4.69, 9.17) is 17.3 Å². The molecule has 1 aromatic heterocycles. The van der Waals surface area contributed by atoms with Crippen LogP contribution in [0.25, 0.3) is 0 Å². The van der Waals surface area contributed by atoms with Crippen LogP contribution in [0.15, 0.2) is 41.8 Å². The van der Waals surface area contributed by atoms with E-state index in [2.05, 4.69) is 15.3 Å². The molecule has 2 aromatic rings. The Morgan fingerprint density at radius 1 is 1.37 bits per heavy atom. The summed E-state index contributed by atoms with van der Waals surface area (Å²) >= 11 is 7.20. The number of nitrogens with one attached hydrogen (secondary N) is 1. The molecule has 1 heterocycles. The number of carbonyl (C=O) groups is 1. The first kappa shape index (κ1) is 13.6. The van der Waals surface area contributed by atoms with Crippen LogP contribution in [0.4, 0.5) is 11.4 Å². The number of benzene rings is 1. The number of amides is 1. The third-order valence-electron chi connectivity index (χ3n) is 2.14. The molecule has 0 spiro atoms. The van der Waals surface area contributed by atoms with E-state index < -0.39 is 0 Å². The van der Waals surface area contributed by atoms with Crippen molar-refractivity contribution in [2.24, 2.45) is 0 Å². The lowest BCUT2D eigenvalue weighted by Crippen LogP contribution is -2.14. The lowest BCUT2D eigenvalue weighted by Gasteiger charge is -2.07. The summed E-state index contributed by atoms with van der Waals surface area (Å²) in [6.45, 7) is 0. The minimum atomic E-state index is -0.190. The maximum atomic E-state index is 11.8. The normalized spacial score (nSPS) is 10.2. The zero-order valence-electron chi connectivity index (χ0n) is 9.84. The van der Waals surface area contributed by atoms with Gasteiger partial charge in [-0.05, 0) is 24.3 Å². The molecule has 7 heteroatoms. The Labute approximate surface area is 119 Å². The lowest BCUT2D eigenvalue weighted by atomic mass is 10.3. The summed E-state index contributed by atoms with van der Waals surface area (Å²) < 4.78 is 0. The van der Waals surface area contributed by atoms with Crippen LogP contribution in [0.2, 0.25) is 5.02 Å². The van der Waals surface area contributed by atoms with E-state index in [-0.39, 0.29) is 11.7 Å². The van der Waals surface area contributed by atoms with Crippen molar-refractivity contribution in [2.75, 3.05) is 16.8 Å². The van der Waals surface area contributed by atoms with Gasteiger partial charge < -0.3 is 11.1 Å². The summed E-state index contributed by atoms with van der Waals surface area (Å²) in [5.41, 5.74) is 6.67. The molecule has 0 saturated heterocycles. The first-order valence-corrected chi connectivity index (χ1v) is 6.76. The number of halogens is 1. The second-order valence-electron chi connectivity index (χ2n) is 3.61. The highest BCUT2D eigenvalue weighted by Gasteiger charge is 2.07. The topological polar surface area (TPSA) is 80.9 Å². The molecule has 1 amide bonds. The standard InChI is InChI=1S/C12H11ClN4OS/c13-9-3-2-8(14)6-10(9)17-11(18)7-19-12-15-4-1-5-16-12/h1-6H,7,14H2,(H,17,18). The first-order chi connectivity index (χ1) is 9.15. The monoisotopic (exact) mass is 294 g/mol. The highest BCUT2D eigenvalue weighted by Crippen LogP contribution is 2.24. The minimum Gasteiger partial charge on any atom is -0.399 e. The lowest BCUT2D eigenvalue weighted by molar-refractivity contribution is -0.113. The SMILES string of the molecule is Nc1ccc(Cl)c(NC(=O)CSc2ncccn2)c1. The second kappa shape index (κ2) is 6.40. The molecule has 5 nitrogen and oxygen atoms in total. The van der Waals surface area contributed by atoms with Gasteiger partial charge >= 0.3 is 0 Å². The minimum absolute atomic E-state index is 0.190. The Balaban J connectivity index is 1.93. The van der Waals surface area contributed by atoms with Gasteiger partial charge in [0.25, 0.3) is 0 Å². The molecule has 0 bridgehead atoms. The Morgan fingerprint density at radius 2 is 2.11 bits per heavy atom. The van der Waals surface area contributed by atoms with Crippen LogP contribution >= 0.6 is 23.4 Å². The number of hydrogen-bond acceptors (Lipinski definition) is 5. The predicted molar refractivity (Wildman–Crippen MR) is 77.3 cm³/mol. The Morgan fingerprint density at radius 3 is 2.84 bits per heavy atom. The zero-order chi connectivity index (χ0) is 13.7. The van der Waals surface area contributed by atoms with Crippen molar-refractivity contribution >= 4 is 40.6 Å². The zero-order valence-corrected chi connectivity index (χ0v) is 11.4. The van der Waals surface area contributed by atoms with Crippen LogP contribution in [-0.2, 0) is 4.79 Å². The van der Waals surface area contributed by atoms with Crippen molar-refractivity contribution in [1.29, 1.82) is 0 Å². The third kappa shape index (κ3) is 4.11. The number of thioether (sulfide) groups is 1. The fourth-order valence-corrected chi connectivity index (χ4v) is 2.08. The van der Waals surface area contributed by atoms with Gasteiger partial charge in [-0.25, -0.2) is 9.97 Å². The molecule has 19 heavy (non-hydrogen) atoms. The van der Waals surface area contributed by atoms with Crippen molar-refractivity contribution in [2.45, 2.75) is 5.16 Å². The van der Waals surface area contributed by atoms with Crippen LogP contribution in [0.5, 0.6) is 0 Å². The van der Waals surface area contributed by atoms with Gasteiger partial charge in [-0.2, -0.15) is 0 Å². The molecular weight excluding hydrogens is 284 g/mol. The number of anilines is 2. The molecule has 0 atom stereocenters. The highest BCUT2D eigenvalue weighted by atomic mass is 35.5. The summed E-state index contributed by atoms with van der Waals surface area (Å²) in [6.07, 6.45) is 3.25. The summed E-state index contributed by atoms with van der Waals surface area (Å²) in [4.78, 5) is 19.8. The van der Waals surface area contributed by atoms with Crippen LogP contribution in [0.3, 0.4) is 0 Å². The van der Waals surface area contributed by atoms with Gasteiger partial charge in [0.05, 0.1) is 16.5 Å². The van der Waals surface area contributed by atoms with Gasteiger partial charge in [0.15, 0.2) is 5.16 Å². The van der Waals surface area contributed by atoms with Gasteiger partial charge in [0.2, 0.25) is 5.91 Å². The van der Waals surface area contributed by atoms with Crippen LogP contribution in [-0.4, -0.2) is 21.6 Å². The molecule has 1 aromatic carbocycles.